The fourth-order valence-electron chi connectivity index (χ4n) is 5.48. The Morgan fingerprint density at radius 2 is 1.67 bits per heavy atom. The van der Waals surface area contributed by atoms with E-state index in [-0.39, 0.29) is 17.5 Å². The van der Waals surface area contributed by atoms with Gasteiger partial charge >= 0.3 is 0 Å². The minimum Gasteiger partial charge on any atom is -0.495 e. The number of likely N-dealkylation sites (N-methyl/N-ethyl adjacent to an activating group) is 1. The van der Waals surface area contributed by atoms with Gasteiger partial charge in [0.2, 0.25) is 5.91 Å². The number of H-pyrrole nitrogens is 1. The Balaban J connectivity index is 1.16. The van der Waals surface area contributed by atoms with E-state index in [0.29, 0.717) is 24.0 Å². The highest BCUT2D eigenvalue weighted by molar-refractivity contribution is 6.01. The van der Waals surface area contributed by atoms with Crippen molar-refractivity contribution >= 4 is 33.7 Å². The molecule has 0 radical (unpaired) electrons. The van der Waals surface area contributed by atoms with Crippen LogP contribution in [-0.2, 0) is 4.79 Å². The third-order valence-corrected chi connectivity index (χ3v) is 7.72. The maximum Gasteiger partial charge on any atom is 0.272 e. The number of nitrogens with zero attached hydrogens (tertiary/aromatic N) is 4. The maximum absolute atomic E-state index is 13.3. The quantitative estimate of drug-likeness (QED) is 0.398. The van der Waals surface area contributed by atoms with Gasteiger partial charge in [-0.05, 0) is 43.8 Å². The Kier molecular flexibility index (Phi) is 6.66. The van der Waals surface area contributed by atoms with Crippen LogP contribution in [0.1, 0.15) is 6.42 Å². The van der Waals surface area contributed by atoms with Crippen molar-refractivity contribution in [2.45, 2.75) is 12.5 Å². The second kappa shape index (κ2) is 10.4. The standard InChI is InChI=1S/C30H32N6O3/c1-34-15-17-35(18-16-34)26-12-9-21(19-27(26)39-2)31-25-13-14-36(30(25)38)22-10-7-20(8-11-22)28-23-5-3-4-6-24(23)29(37)33-32-28/h3-12,19,25,31H,13-18H2,1-2H3,(H,33,37). The number of fused-ring (bicyclic) bond motifs is 1. The first kappa shape index (κ1) is 24.9. The third kappa shape index (κ3) is 4.81. The summed E-state index contributed by atoms with van der Waals surface area (Å²) < 4.78 is 5.71. The normalized spacial score (nSPS) is 18.1. The summed E-state index contributed by atoms with van der Waals surface area (Å²) in [5, 5.41) is 11.7. The number of anilines is 3. The number of rotatable bonds is 6. The van der Waals surface area contributed by atoms with E-state index >= 15 is 0 Å². The Morgan fingerprint density at radius 1 is 0.923 bits per heavy atom. The van der Waals surface area contributed by atoms with Gasteiger partial charge in [-0.3, -0.25) is 9.59 Å². The van der Waals surface area contributed by atoms with Gasteiger partial charge < -0.3 is 24.8 Å². The molecule has 4 aromatic rings. The minimum atomic E-state index is -0.311. The zero-order valence-electron chi connectivity index (χ0n) is 22.2. The van der Waals surface area contributed by atoms with Crippen LogP contribution in [0.2, 0.25) is 0 Å². The Labute approximate surface area is 227 Å². The summed E-state index contributed by atoms with van der Waals surface area (Å²) in [6.07, 6.45) is 0.704. The van der Waals surface area contributed by atoms with Crippen LogP contribution >= 0.6 is 0 Å². The first-order chi connectivity index (χ1) is 19.0. The van der Waals surface area contributed by atoms with E-state index in [1.807, 2.05) is 59.5 Å². The second-order valence-corrected chi connectivity index (χ2v) is 10.1. The average Bonchev–Trinajstić information content (AvgIpc) is 3.33. The van der Waals surface area contributed by atoms with Gasteiger partial charge in [0.15, 0.2) is 0 Å². The molecular weight excluding hydrogens is 492 g/mol. The highest BCUT2D eigenvalue weighted by Gasteiger charge is 2.32. The molecule has 6 rings (SSSR count). The number of piperazine rings is 1. The number of hydrogen-bond acceptors (Lipinski definition) is 7. The number of aromatic nitrogens is 2. The second-order valence-electron chi connectivity index (χ2n) is 10.1. The predicted octanol–water partition coefficient (Wildman–Crippen LogP) is 3.57. The summed E-state index contributed by atoms with van der Waals surface area (Å²) in [4.78, 5) is 32.0. The molecule has 39 heavy (non-hydrogen) atoms. The lowest BCUT2D eigenvalue weighted by Crippen LogP contribution is -2.44. The molecule has 3 heterocycles. The van der Waals surface area contributed by atoms with Gasteiger partial charge in [0.25, 0.3) is 5.56 Å². The molecule has 0 spiro atoms. The molecule has 1 atom stereocenters. The highest BCUT2D eigenvalue weighted by atomic mass is 16.5. The molecule has 2 saturated heterocycles. The van der Waals surface area contributed by atoms with Gasteiger partial charge in [-0.25, -0.2) is 5.10 Å². The molecule has 3 aromatic carbocycles. The van der Waals surface area contributed by atoms with Crippen LogP contribution in [0.4, 0.5) is 17.1 Å². The Morgan fingerprint density at radius 3 is 2.41 bits per heavy atom. The van der Waals surface area contributed by atoms with E-state index < -0.39 is 0 Å². The summed E-state index contributed by atoms with van der Waals surface area (Å²) in [5.41, 5.74) is 4.17. The maximum atomic E-state index is 13.3. The Bertz CT molecular complexity index is 1560. The molecule has 0 saturated carbocycles. The van der Waals surface area contributed by atoms with Crippen LogP contribution in [0, 0.1) is 0 Å². The monoisotopic (exact) mass is 524 g/mol. The topological polar surface area (TPSA) is 93.8 Å². The largest absolute Gasteiger partial charge is 0.495 e. The number of amides is 1. The number of hydrogen-bond donors (Lipinski definition) is 2. The zero-order valence-corrected chi connectivity index (χ0v) is 22.2. The van der Waals surface area contributed by atoms with Gasteiger partial charge in [-0.1, -0.05) is 30.3 Å². The molecular formula is C30H32N6O3. The fraction of sp³-hybridized carbons (Fsp3) is 0.300. The van der Waals surface area contributed by atoms with Crippen LogP contribution in [0.25, 0.3) is 22.0 Å². The van der Waals surface area contributed by atoms with Crippen molar-refractivity contribution in [2.24, 2.45) is 0 Å². The van der Waals surface area contributed by atoms with Gasteiger partial charge in [-0.2, -0.15) is 5.10 Å². The molecule has 9 nitrogen and oxygen atoms in total. The molecule has 0 aliphatic carbocycles. The summed E-state index contributed by atoms with van der Waals surface area (Å²) in [5.74, 6) is 0.850. The first-order valence-electron chi connectivity index (χ1n) is 13.3. The molecule has 9 heteroatoms. The van der Waals surface area contributed by atoms with Crippen molar-refractivity contribution in [1.82, 2.24) is 15.1 Å². The van der Waals surface area contributed by atoms with E-state index in [1.165, 1.54) is 0 Å². The number of aromatic amines is 1. The number of carbonyl (C=O) groups excluding carboxylic acids is 1. The lowest BCUT2D eigenvalue weighted by molar-refractivity contribution is -0.117. The van der Waals surface area contributed by atoms with Crippen molar-refractivity contribution in [3.63, 3.8) is 0 Å². The van der Waals surface area contributed by atoms with E-state index in [4.69, 9.17) is 4.74 Å². The van der Waals surface area contributed by atoms with Crippen LogP contribution in [-0.4, -0.2) is 73.9 Å². The predicted molar refractivity (Wildman–Crippen MR) is 155 cm³/mol. The molecule has 0 bridgehead atoms. The van der Waals surface area contributed by atoms with Crippen LogP contribution in [0.15, 0.2) is 71.5 Å². The SMILES string of the molecule is COc1cc(NC2CCN(c3ccc(-c4n[nH]c(=O)c5ccccc45)cc3)C2=O)ccc1N1CCN(C)CC1. The number of carbonyl (C=O) groups is 1. The lowest BCUT2D eigenvalue weighted by Gasteiger charge is -2.34. The number of methoxy groups -OCH3 is 1. The van der Waals surface area contributed by atoms with E-state index in [1.54, 1.807) is 13.2 Å². The van der Waals surface area contributed by atoms with Crippen molar-refractivity contribution in [3.8, 4) is 17.0 Å². The van der Waals surface area contributed by atoms with E-state index in [9.17, 15) is 9.59 Å². The smallest absolute Gasteiger partial charge is 0.272 e. The molecule has 2 aliphatic heterocycles. The molecule has 200 valence electrons. The fourth-order valence-corrected chi connectivity index (χ4v) is 5.48. The van der Waals surface area contributed by atoms with Crippen LogP contribution in [0.3, 0.4) is 0 Å². The van der Waals surface area contributed by atoms with E-state index in [2.05, 4.69) is 38.4 Å². The lowest BCUT2D eigenvalue weighted by atomic mass is 10.0. The van der Waals surface area contributed by atoms with Crippen molar-refractivity contribution in [3.05, 3.63) is 77.1 Å². The van der Waals surface area contributed by atoms with Crippen molar-refractivity contribution < 1.29 is 9.53 Å². The number of benzene rings is 3. The van der Waals surface area contributed by atoms with Crippen LogP contribution in [0.5, 0.6) is 5.75 Å². The third-order valence-electron chi connectivity index (χ3n) is 7.72. The number of ether oxygens (including phenoxy) is 1. The molecule has 1 aromatic heterocycles. The molecule has 2 fully saturated rings. The van der Waals surface area contributed by atoms with Gasteiger partial charge in [0, 0.05) is 61.1 Å². The van der Waals surface area contributed by atoms with Crippen molar-refractivity contribution in [1.29, 1.82) is 0 Å². The average molecular weight is 525 g/mol. The minimum absolute atomic E-state index is 0.0393. The zero-order chi connectivity index (χ0) is 26.9. The van der Waals surface area contributed by atoms with Crippen LogP contribution < -0.4 is 25.4 Å². The van der Waals surface area contributed by atoms with Gasteiger partial charge in [0.05, 0.1) is 23.9 Å². The summed E-state index contributed by atoms with van der Waals surface area (Å²) >= 11 is 0. The highest BCUT2D eigenvalue weighted by Crippen LogP contribution is 2.33. The molecule has 2 N–H and O–H groups in total. The van der Waals surface area contributed by atoms with E-state index in [0.717, 1.165) is 59.9 Å². The first-order valence-corrected chi connectivity index (χ1v) is 13.3. The summed E-state index contributed by atoms with van der Waals surface area (Å²) in [6, 6.07) is 21.0. The van der Waals surface area contributed by atoms with Crippen molar-refractivity contribution in [2.75, 3.05) is 62.0 Å². The molecule has 1 unspecified atom stereocenters. The van der Waals surface area contributed by atoms with Gasteiger partial charge in [0.1, 0.15) is 11.8 Å². The number of nitrogens with one attached hydrogen (secondary N) is 2. The Hall–Kier alpha value is -4.37. The summed E-state index contributed by atoms with van der Waals surface area (Å²) in [6.45, 7) is 4.60. The molecule has 1 amide bonds. The molecule has 2 aliphatic rings. The summed E-state index contributed by atoms with van der Waals surface area (Å²) in [7, 11) is 3.83. The van der Waals surface area contributed by atoms with Gasteiger partial charge in [-0.15, -0.1) is 0 Å².